The van der Waals surface area contributed by atoms with E-state index in [1.54, 1.807) is 4.90 Å². The van der Waals surface area contributed by atoms with Crippen molar-refractivity contribution < 1.29 is 40.4 Å². The lowest BCUT2D eigenvalue weighted by molar-refractivity contribution is -0.353. The fraction of sp³-hybridized carbons (Fsp3) is 0.342. The van der Waals surface area contributed by atoms with Crippen LogP contribution in [0.2, 0.25) is 0 Å². The van der Waals surface area contributed by atoms with E-state index in [1.165, 1.54) is 0 Å². The van der Waals surface area contributed by atoms with Crippen LogP contribution in [-0.2, 0) is 45.3 Å². The number of rotatable bonds is 15. The average molecular weight is 643 g/mol. The minimum absolute atomic E-state index is 0.0278. The van der Waals surface area contributed by atoms with Crippen LogP contribution < -0.4 is 0 Å². The van der Waals surface area contributed by atoms with Crippen LogP contribution in [0.15, 0.2) is 121 Å². The van der Waals surface area contributed by atoms with Crippen LogP contribution in [-0.4, -0.2) is 69.6 Å². The molecule has 0 bridgehead atoms. The van der Waals surface area contributed by atoms with E-state index in [0.717, 1.165) is 22.3 Å². The molecule has 0 unspecified atom stereocenters. The molecule has 3 N–H and O–H groups in total. The van der Waals surface area contributed by atoms with Crippen LogP contribution in [0.5, 0.6) is 0 Å². The lowest BCUT2D eigenvalue weighted by atomic mass is 9.82. The molecule has 1 saturated heterocycles. The van der Waals surface area contributed by atoms with Gasteiger partial charge in [0.1, 0.15) is 30.5 Å². The van der Waals surface area contributed by atoms with Gasteiger partial charge in [0.15, 0.2) is 6.27 Å². The van der Waals surface area contributed by atoms with Crippen LogP contribution in [0.4, 0.5) is 4.79 Å². The molecule has 1 fully saturated rings. The van der Waals surface area contributed by atoms with E-state index in [9.17, 15) is 20.1 Å². The Morgan fingerprint density at radius 2 is 1.28 bits per heavy atom. The summed E-state index contributed by atoms with van der Waals surface area (Å²) in [5.41, 5.74) is 1.38. The number of carbonyl (C=O) groups is 1. The molecule has 1 aliphatic heterocycles. The smallest absolute Gasteiger partial charge is 0.410 e. The molecular formula is C38H43NO8. The van der Waals surface area contributed by atoms with Gasteiger partial charge in [-0.2, -0.15) is 0 Å². The van der Waals surface area contributed by atoms with Crippen molar-refractivity contribution in [3.8, 4) is 0 Å². The minimum Gasteiger partial charge on any atom is -0.445 e. The Bertz CT molecular complexity index is 1530. The summed E-state index contributed by atoms with van der Waals surface area (Å²) in [5, 5.41) is 33.2. The van der Waals surface area contributed by atoms with Crippen LogP contribution in [0.25, 0.3) is 0 Å². The summed E-state index contributed by atoms with van der Waals surface area (Å²) in [5.74, 6) is 0. The highest BCUT2D eigenvalue weighted by molar-refractivity contribution is 5.67. The molecule has 1 amide bonds. The van der Waals surface area contributed by atoms with Gasteiger partial charge in [-0.05, 0) is 35.1 Å². The average Bonchev–Trinajstić information content (AvgIpc) is 3.12. The van der Waals surface area contributed by atoms with Crippen LogP contribution in [0.1, 0.15) is 36.5 Å². The van der Waals surface area contributed by atoms with Crippen molar-refractivity contribution in [3.63, 3.8) is 0 Å². The van der Waals surface area contributed by atoms with E-state index in [2.05, 4.69) is 0 Å². The molecule has 9 heteroatoms. The van der Waals surface area contributed by atoms with Crippen molar-refractivity contribution in [1.82, 2.24) is 4.90 Å². The first-order valence-corrected chi connectivity index (χ1v) is 15.8. The summed E-state index contributed by atoms with van der Waals surface area (Å²) >= 11 is 0. The van der Waals surface area contributed by atoms with Crippen molar-refractivity contribution in [2.75, 3.05) is 13.2 Å². The van der Waals surface area contributed by atoms with Crippen molar-refractivity contribution in [2.24, 2.45) is 0 Å². The topological polar surface area (TPSA) is 118 Å². The third-order valence-electron chi connectivity index (χ3n) is 8.22. The van der Waals surface area contributed by atoms with Gasteiger partial charge in [0.05, 0.1) is 21.2 Å². The van der Waals surface area contributed by atoms with E-state index < -0.39 is 42.9 Å². The second-order valence-corrected chi connectivity index (χ2v) is 11.6. The lowest BCUT2D eigenvalue weighted by Crippen LogP contribution is -2.68. The Kier molecular flexibility index (Phi) is 12.0. The van der Waals surface area contributed by atoms with E-state index in [-0.39, 0.29) is 45.8 Å². The van der Waals surface area contributed by atoms with Gasteiger partial charge in [-0.25, -0.2) is 4.79 Å². The first-order valence-electron chi connectivity index (χ1n) is 16.3. The zero-order valence-electron chi connectivity index (χ0n) is 27.3. The van der Waals surface area contributed by atoms with Crippen molar-refractivity contribution in [1.29, 1.82) is 0 Å². The number of ether oxygens (including phenoxy) is 4. The highest BCUT2D eigenvalue weighted by atomic mass is 16.7. The van der Waals surface area contributed by atoms with Gasteiger partial charge in [-0.15, -0.1) is 0 Å². The van der Waals surface area contributed by atoms with Gasteiger partial charge in [0.2, 0.25) is 0 Å². The Balaban J connectivity index is 1.41. The molecule has 47 heavy (non-hydrogen) atoms. The summed E-state index contributed by atoms with van der Waals surface area (Å²) < 4.78 is 33.1. The minimum atomic E-state index is -2.74. The maximum Gasteiger partial charge on any atom is 0.410 e. The van der Waals surface area contributed by atoms with Gasteiger partial charge >= 0.3 is 6.09 Å². The van der Waals surface area contributed by atoms with E-state index >= 15 is 0 Å². The number of aliphatic hydroxyl groups is 3. The van der Waals surface area contributed by atoms with E-state index in [4.69, 9.17) is 20.3 Å². The Labute approximate surface area is 277 Å². The maximum atomic E-state index is 13.4. The third kappa shape index (κ3) is 9.26. The van der Waals surface area contributed by atoms with Gasteiger partial charge in [0.25, 0.3) is 0 Å². The van der Waals surface area contributed by atoms with Crippen molar-refractivity contribution >= 4 is 6.09 Å². The van der Waals surface area contributed by atoms with Crippen molar-refractivity contribution in [3.05, 3.63) is 144 Å². The summed E-state index contributed by atoms with van der Waals surface area (Å²) in [6, 6.07) is 37.4. The Hall–Kier alpha value is -4.09. The van der Waals surface area contributed by atoms with E-state index in [0.29, 0.717) is 0 Å². The van der Waals surface area contributed by atoms with Gasteiger partial charge in [-0.1, -0.05) is 121 Å². The molecule has 4 aromatic rings. The molecule has 0 spiro atoms. The van der Waals surface area contributed by atoms with Gasteiger partial charge in [-0.3, -0.25) is 0 Å². The maximum absolute atomic E-state index is 13.4. The normalized spacial score (nSPS) is 24.3. The second kappa shape index (κ2) is 17.2. The zero-order chi connectivity index (χ0) is 33.8. The van der Waals surface area contributed by atoms with Crippen LogP contribution >= 0.6 is 0 Å². The lowest BCUT2D eigenvalue weighted by Gasteiger charge is -2.51. The number of benzene rings is 4. The molecule has 0 saturated carbocycles. The largest absolute Gasteiger partial charge is 0.445 e. The number of amides is 1. The molecule has 1 heterocycles. The predicted octanol–water partition coefficient (Wildman–Crippen LogP) is 5.22. The second-order valence-electron chi connectivity index (χ2n) is 11.6. The molecule has 248 valence electrons. The molecule has 5 rings (SSSR count). The molecule has 1 aliphatic rings. The molecule has 0 aromatic heterocycles. The Morgan fingerprint density at radius 1 is 0.766 bits per heavy atom. The standard InChI is InChI=1S/C38H43NO8/c40-25-33-34(41)35(44-26-30-16-7-2-8-17-30)38(36(42)47-33,46-28-32-20-11-4-12-21-32)22-13-23-39(24-29-14-5-1-6-15-29)37(43)45-27-31-18-9-3-10-19-31/h1-12,14-21,33-36,40-42H,13,22-28H2/t33-,34-,35+,36-,38+/m1/s1/i36D. The third-order valence-corrected chi connectivity index (χ3v) is 8.22. The van der Waals surface area contributed by atoms with Gasteiger partial charge in [0, 0.05) is 13.1 Å². The van der Waals surface area contributed by atoms with E-state index in [1.807, 2.05) is 121 Å². The molecule has 4 aromatic carbocycles. The number of carbonyl (C=O) groups excluding carboxylic acids is 1. The number of nitrogens with zero attached hydrogens (tertiary/aromatic N) is 1. The molecule has 0 aliphatic carbocycles. The molecule has 0 radical (unpaired) electrons. The number of aliphatic hydroxyl groups excluding tert-OH is 2. The van der Waals surface area contributed by atoms with Crippen LogP contribution in [0, 0.1) is 0 Å². The SMILES string of the molecule is [2H][C@@]1(O)O[C@H](CO)[C@@H](O)[C@H](OCc2ccccc2)[C@]1(CCCN(Cc1ccccc1)C(=O)OCc1ccccc1)OCc1ccccc1. The quantitative estimate of drug-likeness (QED) is 0.162. The fourth-order valence-corrected chi connectivity index (χ4v) is 5.68. The van der Waals surface area contributed by atoms with Gasteiger partial charge < -0.3 is 39.2 Å². The number of hydrogen-bond acceptors (Lipinski definition) is 8. The summed E-state index contributed by atoms with van der Waals surface area (Å²) in [6.45, 7) is -0.115. The predicted molar refractivity (Wildman–Crippen MR) is 176 cm³/mol. The zero-order valence-corrected chi connectivity index (χ0v) is 26.3. The first-order chi connectivity index (χ1) is 23.3. The first kappa shape index (κ1) is 32.8. The fourth-order valence-electron chi connectivity index (χ4n) is 5.68. The monoisotopic (exact) mass is 642 g/mol. The molecular weight excluding hydrogens is 598 g/mol. The summed E-state index contributed by atoms with van der Waals surface area (Å²) in [6.07, 6.45) is -7.14. The summed E-state index contributed by atoms with van der Waals surface area (Å²) in [4.78, 5) is 15.0. The molecule has 5 atom stereocenters. The highest BCUT2D eigenvalue weighted by Crippen LogP contribution is 2.39. The Morgan fingerprint density at radius 3 is 1.83 bits per heavy atom. The highest BCUT2D eigenvalue weighted by Gasteiger charge is 2.57. The molecule has 9 nitrogen and oxygen atoms in total. The summed E-state index contributed by atoms with van der Waals surface area (Å²) in [7, 11) is 0. The van der Waals surface area contributed by atoms with Crippen molar-refractivity contribution in [2.45, 2.75) is 69.4 Å². The number of hydrogen-bond donors (Lipinski definition) is 3. The van der Waals surface area contributed by atoms with Crippen LogP contribution in [0.3, 0.4) is 0 Å².